The molecule has 2 aliphatic rings. The Hall–Kier alpha value is -3.18. The number of aromatic nitrogens is 2. The standard InChI is InChI=1S/C27H30N4O/c32-26(30-18-15-25(21-30)29-16-7-8-17-29)14-13-24-20-31(19-22-9-3-1-4-10-22)28-27(24)23-11-5-2-6-12-23/h1-6,9-14,20,25H,7-8,15-19,21H2/b14-13+. The zero-order valence-corrected chi connectivity index (χ0v) is 18.4. The number of rotatable bonds is 6. The number of amides is 1. The largest absolute Gasteiger partial charge is 0.338 e. The van der Waals surface area contributed by atoms with Gasteiger partial charge in [-0.3, -0.25) is 14.4 Å². The summed E-state index contributed by atoms with van der Waals surface area (Å²) >= 11 is 0. The lowest BCUT2D eigenvalue weighted by atomic mass is 10.1. The van der Waals surface area contributed by atoms with Crippen molar-refractivity contribution in [2.24, 2.45) is 0 Å². The van der Waals surface area contributed by atoms with Gasteiger partial charge in [-0.2, -0.15) is 5.10 Å². The zero-order chi connectivity index (χ0) is 21.8. The predicted octanol–water partition coefficient (Wildman–Crippen LogP) is 4.31. The summed E-state index contributed by atoms with van der Waals surface area (Å²) in [6.45, 7) is 4.77. The van der Waals surface area contributed by atoms with Crippen molar-refractivity contribution in [2.45, 2.75) is 31.8 Å². The van der Waals surface area contributed by atoms with Gasteiger partial charge in [0.05, 0.1) is 12.2 Å². The van der Waals surface area contributed by atoms with Crippen molar-refractivity contribution < 1.29 is 4.79 Å². The molecule has 2 saturated heterocycles. The lowest BCUT2D eigenvalue weighted by molar-refractivity contribution is -0.125. The highest BCUT2D eigenvalue weighted by molar-refractivity contribution is 5.93. The number of carbonyl (C=O) groups is 1. The Kier molecular flexibility index (Phi) is 6.17. The van der Waals surface area contributed by atoms with Crippen LogP contribution in [0.4, 0.5) is 0 Å². The van der Waals surface area contributed by atoms with E-state index in [9.17, 15) is 4.79 Å². The molecule has 2 aliphatic heterocycles. The van der Waals surface area contributed by atoms with Gasteiger partial charge in [0.1, 0.15) is 0 Å². The molecule has 0 aliphatic carbocycles. The topological polar surface area (TPSA) is 41.4 Å². The number of carbonyl (C=O) groups excluding carboxylic acids is 1. The maximum absolute atomic E-state index is 12.9. The van der Waals surface area contributed by atoms with Crippen molar-refractivity contribution in [3.05, 3.63) is 84.1 Å². The minimum absolute atomic E-state index is 0.0986. The van der Waals surface area contributed by atoms with E-state index in [0.29, 0.717) is 12.6 Å². The summed E-state index contributed by atoms with van der Waals surface area (Å²) in [5.74, 6) is 0.0986. The maximum Gasteiger partial charge on any atom is 0.246 e. The van der Waals surface area contributed by atoms with Gasteiger partial charge in [0.15, 0.2) is 0 Å². The first-order valence-electron chi connectivity index (χ1n) is 11.6. The van der Waals surface area contributed by atoms with Crippen LogP contribution in [0.25, 0.3) is 17.3 Å². The maximum atomic E-state index is 12.9. The highest BCUT2D eigenvalue weighted by atomic mass is 16.2. The molecule has 1 atom stereocenters. The van der Waals surface area contributed by atoms with E-state index in [1.165, 1.54) is 31.5 Å². The lowest BCUT2D eigenvalue weighted by Gasteiger charge is -2.23. The predicted molar refractivity (Wildman–Crippen MR) is 128 cm³/mol. The van der Waals surface area contributed by atoms with Gasteiger partial charge in [0.2, 0.25) is 5.91 Å². The van der Waals surface area contributed by atoms with Crippen LogP contribution in [0.15, 0.2) is 72.9 Å². The van der Waals surface area contributed by atoms with Gasteiger partial charge in [0, 0.05) is 42.5 Å². The van der Waals surface area contributed by atoms with E-state index >= 15 is 0 Å². The molecule has 2 fully saturated rings. The Morgan fingerprint density at radius 2 is 1.69 bits per heavy atom. The van der Waals surface area contributed by atoms with Crippen molar-refractivity contribution in [3.63, 3.8) is 0 Å². The van der Waals surface area contributed by atoms with Crippen molar-refractivity contribution in [1.29, 1.82) is 0 Å². The first-order valence-corrected chi connectivity index (χ1v) is 11.6. The molecule has 0 bridgehead atoms. The van der Waals surface area contributed by atoms with Gasteiger partial charge < -0.3 is 4.90 Å². The quantitative estimate of drug-likeness (QED) is 0.552. The number of benzene rings is 2. The third kappa shape index (κ3) is 4.68. The minimum atomic E-state index is 0.0986. The lowest BCUT2D eigenvalue weighted by Crippen LogP contribution is -2.36. The molecule has 1 aromatic heterocycles. The monoisotopic (exact) mass is 426 g/mol. The normalized spacial score (nSPS) is 19.2. The second-order valence-corrected chi connectivity index (χ2v) is 8.79. The first-order chi connectivity index (χ1) is 15.8. The molecule has 1 amide bonds. The van der Waals surface area contributed by atoms with Gasteiger partial charge in [-0.1, -0.05) is 60.7 Å². The Balaban J connectivity index is 1.33. The molecule has 5 heteroatoms. The summed E-state index contributed by atoms with van der Waals surface area (Å²) in [5, 5.41) is 4.85. The molecule has 3 heterocycles. The summed E-state index contributed by atoms with van der Waals surface area (Å²) in [7, 11) is 0. The number of nitrogens with zero attached hydrogens (tertiary/aromatic N) is 4. The minimum Gasteiger partial charge on any atom is -0.338 e. The average Bonchev–Trinajstić information content (AvgIpc) is 3.59. The van der Waals surface area contributed by atoms with Crippen LogP contribution in [-0.2, 0) is 11.3 Å². The second kappa shape index (κ2) is 9.53. The second-order valence-electron chi connectivity index (χ2n) is 8.79. The summed E-state index contributed by atoms with van der Waals surface area (Å²) in [6.07, 6.45) is 9.37. The molecule has 164 valence electrons. The number of hydrogen-bond acceptors (Lipinski definition) is 3. The molecular weight excluding hydrogens is 396 g/mol. The molecule has 5 nitrogen and oxygen atoms in total. The summed E-state index contributed by atoms with van der Waals surface area (Å²) in [6, 6.07) is 21.0. The molecule has 5 rings (SSSR count). The molecule has 1 unspecified atom stereocenters. The van der Waals surface area contributed by atoms with E-state index in [0.717, 1.165) is 36.3 Å². The smallest absolute Gasteiger partial charge is 0.246 e. The van der Waals surface area contributed by atoms with Crippen LogP contribution in [0.2, 0.25) is 0 Å². The highest BCUT2D eigenvalue weighted by Crippen LogP contribution is 2.24. The molecule has 2 aromatic carbocycles. The molecule has 0 radical (unpaired) electrons. The van der Waals surface area contributed by atoms with E-state index in [2.05, 4.69) is 29.2 Å². The van der Waals surface area contributed by atoms with Crippen LogP contribution in [0.5, 0.6) is 0 Å². The van der Waals surface area contributed by atoms with Gasteiger partial charge >= 0.3 is 0 Å². The first kappa shape index (κ1) is 20.7. The Labute approximate surface area is 190 Å². The Bertz CT molecular complexity index is 1070. The Morgan fingerprint density at radius 3 is 2.44 bits per heavy atom. The van der Waals surface area contributed by atoms with E-state index in [1.54, 1.807) is 6.08 Å². The molecular formula is C27H30N4O. The third-order valence-corrected chi connectivity index (χ3v) is 6.56. The highest BCUT2D eigenvalue weighted by Gasteiger charge is 2.30. The van der Waals surface area contributed by atoms with Crippen LogP contribution >= 0.6 is 0 Å². The van der Waals surface area contributed by atoms with Crippen LogP contribution in [0.1, 0.15) is 30.4 Å². The van der Waals surface area contributed by atoms with Gasteiger partial charge in [-0.15, -0.1) is 0 Å². The summed E-state index contributed by atoms with van der Waals surface area (Å²) < 4.78 is 1.96. The summed E-state index contributed by atoms with van der Waals surface area (Å²) in [5.41, 5.74) is 4.13. The van der Waals surface area contributed by atoms with E-state index in [-0.39, 0.29) is 5.91 Å². The van der Waals surface area contributed by atoms with Crippen LogP contribution in [-0.4, -0.2) is 57.7 Å². The van der Waals surface area contributed by atoms with Crippen molar-refractivity contribution in [2.75, 3.05) is 26.2 Å². The van der Waals surface area contributed by atoms with Crippen LogP contribution in [0.3, 0.4) is 0 Å². The molecule has 0 spiro atoms. The van der Waals surface area contributed by atoms with Gasteiger partial charge in [-0.05, 0) is 44.0 Å². The van der Waals surface area contributed by atoms with Crippen LogP contribution in [0, 0.1) is 0 Å². The fourth-order valence-corrected chi connectivity index (χ4v) is 4.84. The molecule has 3 aromatic rings. The SMILES string of the molecule is O=C(/C=C/c1cn(Cc2ccccc2)nc1-c1ccccc1)N1CCC(N2CCCC2)C1. The van der Waals surface area contributed by atoms with Crippen molar-refractivity contribution in [3.8, 4) is 11.3 Å². The number of likely N-dealkylation sites (tertiary alicyclic amines) is 2. The van der Waals surface area contributed by atoms with Crippen molar-refractivity contribution in [1.82, 2.24) is 19.6 Å². The Morgan fingerprint density at radius 1 is 0.969 bits per heavy atom. The van der Waals surface area contributed by atoms with E-state index in [4.69, 9.17) is 5.10 Å². The van der Waals surface area contributed by atoms with Gasteiger partial charge in [0.25, 0.3) is 0 Å². The summed E-state index contributed by atoms with van der Waals surface area (Å²) in [4.78, 5) is 17.5. The fourth-order valence-electron chi connectivity index (χ4n) is 4.84. The molecule has 32 heavy (non-hydrogen) atoms. The number of hydrogen-bond donors (Lipinski definition) is 0. The van der Waals surface area contributed by atoms with Crippen molar-refractivity contribution >= 4 is 12.0 Å². The average molecular weight is 427 g/mol. The van der Waals surface area contributed by atoms with Crippen LogP contribution < -0.4 is 0 Å². The molecule has 0 saturated carbocycles. The van der Waals surface area contributed by atoms with E-state index < -0.39 is 0 Å². The zero-order valence-electron chi connectivity index (χ0n) is 18.4. The van der Waals surface area contributed by atoms with E-state index in [1.807, 2.05) is 58.3 Å². The molecule has 0 N–H and O–H groups in total. The fraction of sp³-hybridized carbons (Fsp3) is 0.333. The van der Waals surface area contributed by atoms with Gasteiger partial charge in [-0.25, -0.2) is 0 Å². The third-order valence-electron chi connectivity index (χ3n) is 6.56.